The molecule has 11 nitrogen and oxygen atoms in total. The summed E-state index contributed by atoms with van der Waals surface area (Å²) in [6.07, 6.45) is 0.277. The Labute approximate surface area is 290 Å². The molecule has 268 valence electrons. The lowest BCUT2D eigenvalue weighted by Crippen LogP contribution is -2.27. The van der Waals surface area contributed by atoms with Gasteiger partial charge in [0.1, 0.15) is 19.0 Å². The Morgan fingerprint density at radius 3 is 1.39 bits per heavy atom. The number of hydrogen-bond acceptors (Lipinski definition) is 10. The molecule has 11 heteroatoms. The Hall–Kier alpha value is -3.55. The number of rotatable bonds is 28. The molecule has 1 aliphatic carbocycles. The fourth-order valence-electron chi connectivity index (χ4n) is 5.17. The summed E-state index contributed by atoms with van der Waals surface area (Å²) in [6, 6.07) is 26.2. The zero-order chi connectivity index (χ0) is 34.0. The minimum Gasteiger partial charge on any atom is -0.491 e. The molecule has 0 aromatic heterocycles. The fourth-order valence-corrected chi connectivity index (χ4v) is 5.17. The first-order valence-corrected chi connectivity index (χ1v) is 17.1. The highest BCUT2D eigenvalue weighted by Gasteiger charge is 2.28. The monoisotopic (exact) mass is 681 g/mol. The first-order chi connectivity index (χ1) is 24.3. The van der Waals surface area contributed by atoms with Crippen molar-refractivity contribution in [2.75, 3.05) is 112 Å². The largest absolute Gasteiger partial charge is 0.491 e. The normalized spacial score (nSPS) is 12.1. The summed E-state index contributed by atoms with van der Waals surface area (Å²) in [7, 11) is 0. The van der Waals surface area contributed by atoms with Crippen LogP contribution in [0.5, 0.6) is 5.75 Å². The molecule has 0 fully saturated rings. The number of hydrogen-bond donors (Lipinski definition) is 1. The summed E-state index contributed by atoms with van der Waals surface area (Å²) >= 11 is 0. The lowest BCUT2D eigenvalue weighted by atomic mass is 9.98. The molecule has 0 saturated carbocycles. The van der Waals surface area contributed by atoms with Gasteiger partial charge in [-0.3, -0.25) is 0 Å². The van der Waals surface area contributed by atoms with Gasteiger partial charge < -0.3 is 47.9 Å². The van der Waals surface area contributed by atoms with E-state index in [1.54, 1.807) is 0 Å². The molecule has 4 rings (SSSR count). The molecule has 0 unspecified atom stereocenters. The number of fused-ring (bicyclic) bond motifs is 3. The van der Waals surface area contributed by atoms with Gasteiger partial charge >= 0.3 is 6.09 Å². The second kappa shape index (κ2) is 24.6. The summed E-state index contributed by atoms with van der Waals surface area (Å²) in [4.78, 5) is 12.3. The van der Waals surface area contributed by atoms with Crippen LogP contribution in [0, 0.1) is 0 Å². The van der Waals surface area contributed by atoms with Gasteiger partial charge in [0.15, 0.2) is 0 Å². The van der Waals surface area contributed by atoms with Crippen LogP contribution < -0.4 is 10.1 Å². The maximum atomic E-state index is 12.3. The van der Waals surface area contributed by atoms with Crippen LogP contribution >= 0.6 is 0 Å². The van der Waals surface area contributed by atoms with E-state index in [2.05, 4.69) is 29.6 Å². The third-order valence-corrected chi connectivity index (χ3v) is 7.55. The van der Waals surface area contributed by atoms with Crippen LogP contribution in [0.25, 0.3) is 11.1 Å². The lowest BCUT2D eigenvalue weighted by molar-refractivity contribution is -0.0212. The molecular formula is C38H51NO10. The van der Waals surface area contributed by atoms with E-state index in [-0.39, 0.29) is 5.92 Å². The number of nitrogens with one attached hydrogen (secondary N) is 1. The van der Waals surface area contributed by atoms with Crippen molar-refractivity contribution in [3.63, 3.8) is 0 Å². The van der Waals surface area contributed by atoms with Gasteiger partial charge in [0, 0.05) is 19.1 Å². The molecule has 1 N–H and O–H groups in total. The number of benzene rings is 3. The van der Waals surface area contributed by atoms with Crippen molar-refractivity contribution in [2.24, 2.45) is 0 Å². The molecule has 49 heavy (non-hydrogen) atoms. The Morgan fingerprint density at radius 2 is 0.898 bits per heavy atom. The first kappa shape index (κ1) is 38.3. The van der Waals surface area contributed by atoms with Gasteiger partial charge in [0.25, 0.3) is 0 Å². The van der Waals surface area contributed by atoms with Crippen LogP contribution in [0.1, 0.15) is 23.5 Å². The number of para-hydroxylation sites is 1. The van der Waals surface area contributed by atoms with Crippen LogP contribution in [0.4, 0.5) is 4.79 Å². The second-order valence-electron chi connectivity index (χ2n) is 11.1. The number of ether oxygens (including phenoxy) is 9. The second-order valence-corrected chi connectivity index (χ2v) is 11.1. The Balaban J connectivity index is 0.824. The average Bonchev–Trinajstić information content (AvgIpc) is 3.46. The van der Waals surface area contributed by atoms with Gasteiger partial charge in [-0.1, -0.05) is 66.7 Å². The molecule has 1 aliphatic rings. The molecule has 1 amide bonds. The van der Waals surface area contributed by atoms with Crippen molar-refractivity contribution in [1.82, 2.24) is 5.32 Å². The van der Waals surface area contributed by atoms with Crippen molar-refractivity contribution in [2.45, 2.75) is 12.3 Å². The molecule has 0 aliphatic heterocycles. The van der Waals surface area contributed by atoms with Crippen LogP contribution in [0.3, 0.4) is 0 Å². The number of carbonyl (C=O) groups is 1. The van der Waals surface area contributed by atoms with Gasteiger partial charge in [-0.05, 0) is 40.8 Å². The van der Waals surface area contributed by atoms with Gasteiger partial charge in [0.2, 0.25) is 0 Å². The summed E-state index contributed by atoms with van der Waals surface area (Å²) < 4.78 is 49.7. The zero-order valence-electron chi connectivity index (χ0n) is 28.4. The maximum Gasteiger partial charge on any atom is 0.407 e. The topological polar surface area (TPSA) is 112 Å². The van der Waals surface area contributed by atoms with Gasteiger partial charge in [-0.2, -0.15) is 0 Å². The highest BCUT2D eigenvalue weighted by Crippen LogP contribution is 2.44. The van der Waals surface area contributed by atoms with E-state index in [1.165, 1.54) is 22.3 Å². The molecule has 0 bridgehead atoms. The SMILES string of the molecule is O=C(NCCCOCCOCCOCCOCCOCCOCCOCCOc1ccccc1)OCC1c2ccccc2-c2ccccc21. The van der Waals surface area contributed by atoms with Crippen LogP contribution in [-0.4, -0.2) is 118 Å². The highest BCUT2D eigenvalue weighted by atomic mass is 16.6. The predicted molar refractivity (Wildman–Crippen MR) is 185 cm³/mol. The summed E-state index contributed by atoms with van der Waals surface area (Å²) in [5.74, 6) is 0.894. The van der Waals surface area contributed by atoms with Crippen molar-refractivity contribution >= 4 is 6.09 Å². The number of alkyl carbamates (subject to hydrolysis) is 1. The van der Waals surface area contributed by atoms with Crippen molar-refractivity contribution in [3.05, 3.63) is 90.0 Å². The number of amides is 1. The minimum atomic E-state index is -0.412. The predicted octanol–water partition coefficient (Wildman–Crippen LogP) is 5.11. The molecule has 3 aromatic rings. The van der Waals surface area contributed by atoms with E-state index in [4.69, 9.17) is 42.6 Å². The molecule has 0 spiro atoms. The number of carbonyl (C=O) groups excluding carboxylic acids is 1. The van der Waals surface area contributed by atoms with Crippen LogP contribution in [-0.2, 0) is 37.9 Å². The fraction of sp³-hybridized carbons (Fsp3) is 0.500. The van der Waals surface area contributed by atoms with E-state index in [9.17, 15) is 4.79 Å². The van der Waals surface area contributed by atoms with E-state index < -0.39 is 6.09 Å². The molecule has 0 heterocycles. The van der Waals surface area contributed by atoms with E-state index in [1.807, 2.05) is 54.6 Å². The van der Waals surface area contributed by atoms with Crippen molar-refractivity contribution in [1.29, 1.82) is 0 Å². The van der Waals surface area contributed by atoms with E-state index >= 15 is 0 Å². The average molecular weight is 682 g/mol. The summed E-state index contributed by atoms with van der Waals surface area (Å²) in [5.41, 5.74) is 4.82. The van der Waals surface area contributed by atoms with Gasteiger partial charge in [-0.15, -0.1) is 0 Å². The van der Waals surface area contributed by atoms with Crippen molar-refractivity contribution < 1.29 is 47.4 Å². The Kier molecular flexibility index (Phi) is 19.2. The molecule has 0 radical (unpaired) electrons. The maximum absolute atomic E-state index is 12.3. The van der Waals surface area contributed by atoms with Crippen LogP contribution in [0.15, 0.2) is 78.9 Å². The molecular weight excluding hydrogens is 630 g/mol. The van der Waals surface area contributed by atoms with Gasteiger partial charge in [0.05, 0.1) is 85.9 Å². The highest BCUT2D eigenvalue weighted by molar-refractivity contribution is 5.79. The lowest BCUT2D eigenvalue weighted by Gasteiger charge is -2.14. The van der Waals surface area contributed by atoms with E-state index in [0.29, 0.717) is 119 Å². The van der Waals surface area contributed by atoms with Gasteiger partial charge in [-0.25, -0.2) is 4.79 Å². The summed E-state index contributed by atoms with van der Waals surface area (Å²) in [5, 5.41) is 2.81. The minimum absolute atomic E-state index is 0.0530. The molecule has 0 atom stereocenters. The third kappa shape index (κ3) is 15.3. The Bertz CT molecular complexity index is 1250. The standard InChI is InChI=1S/C38H51NO10/c40-38(49-31-37-35-13-6-4-11-33(35)34-12-5-7-14-36(34)37)39-15-8-16-41-17-18-42-19-20-43-21-22-44-23-24-45-25-26-46-27-28-47-29-30-48-32-9-2-1-3-10-32/h1-7,9-14,37H,8,15-31H2,(H,39,40). The summed E-state index contributed by atoms with van der Waals surface area (Å²) in [6.45, 7) is 8.36. The molecule has 0 saturated heterocycles. The van der Waals surface area contributed by atoms with Crippen LogP contribution in [0.2, 0.25) is 0 Å². The quantitative estimate of drug-likeness (QED) is 0.104. The van der Waals surface area contributed by atoms with Crippen molar-refractivity contribution in [3.8, 4) is 16.9 Å². The third-order valence-electron chi connectivity index (χ3n) is 7.55. The van der Waals surface area contributed by atoms with E-state index in [0.717, 1.165) is 5.75 Å². The zero-order valence-corrected chi connectivity index (χ0v) is 28.4. The smallest absolute Gasteiger partial charge is 0.407 e. The first-order valence-electron chi connectivity index (χ1n) is 17.1. The molecule has 3 aromatic carbocycles. The Morgan fingerprint density at radius 1 is 0.490 bits per heavy atom.